The van der Waals surface area contributed by atoms with E-state index >= 15 is 0 Å². The van der Waals surface area contributed by atoms with Crippen LogP contribution in [0.3, 0.4) is 0 Å². The summed E-state index contributed by atoms with van der Waals surface area (Å²) in [7, 11) is 0. The van der Waals surface area contributed by atoms with E-state index in [-0.39, 0.29) is 45.7 Å². The lowest BCUT2D eigenvalue weighted by atomic mass is 9.83. The lowest BCUT2D eigenvalue weighted by Gasteiger charge is -2.20. The van der Waals surface area contributed by atoms with Gasteiger partial charge in [0, 0.05) is 16.2 Å². The van der Waals surface area contributed by atoms with Crippen LogP contribution in [0.5, 0.6) is 0 Å². The predicted molar refractivity (Wildman–Crippen MR) is 200 cm³/mol. The standard InChI is InChI=1S/C46H28O/c1-3-15-32-29(12-1)14-11-23-34(32)35-17-5-6-18-36(35)45-39-21-9-7-19-37(39)44(38-20-8-10-22-40(38)45)31-25-27-43-42(28-31)41-26-24-30-13-2-4-16-33(30)46(41)47-43/h1-28H/i7D,8D,9D,10D,19D,20D,21D,22D. The summed E-state index contributed by atoms with van der Waals surface area (Å²) in [5.41, 5.74) is 4.70. The minimum atomic E-state index is -0.437. The second-order valence-corrected chi connectivity index (χ2v) is 11.8. The summed E-state index contributed by atoms with van der Waals surface area (Å²) >= 11 is 0. The molecule has 1 heterocycles. The second kappa shape index (κ2) is 10.2. The third kappa shape index (κ3) is 3.90. The molecule has 0 N–H and O–H groups in total. The molecule has 218 valence electrons. The average Bonchev–Trinajstić information content (AvgIpc) is 3.60. The van der Waals surface area contributed by atoms with Crippen LogP contribution in [0.1, 0.15) is 11.0 Å². The quantitative estimate of drug-likeness (QED) is 0.183. The van der Waals surface area contributed by atoms with E-state index in [0.717, 1.165) is 43.4 Å². The lowest BCUT2D eigenvalue weighted by molar-refractivity contribution is 0.672. The molecule has 10 aromatic rings. The maximum absolute atomic E-state index is 9.47. The van der Waals surface area contributed by atoms with E-state index < -0.39 is 24.2 Å². The van der Waals surface area contributed by atoms with Gasteiger partial charge in [0.2, 0.25) is 0 Å². The molecule has 10 rings (SSSR count). The monoisotopic (exact) mass is 604 g/mol. The highest BCUT2D eigenvalue weighted by molar-refractivity contribution is 6.24. The van der Waals surface area contributed by atoms with Crippen LogP contribution in [0.4, 0.5) is 0 Å². The first-order chi connectivity index (χ1) is 26.7. The number of hydrogen-bond acceptors (Lipinski definition) is 1. The van der Waals surface area contributed by atoms with Gasteiger partial charge in [-0.2, -0.15) is 0 Å². The van der Waals surface area contributed by atoms with Crippen molar-refractivity contribution >= 4 is 65.0 Å². The van der Waals surface area contributed by atoms with E-state index in [1.54, 1.807) is 6.07 Å². The highest BCUT2D eigenvalue weighted by Gasteiger charge is 2.20. The third-order valence-electron chi connectivity index (χ3n) is 9.30. The minimum absolute atomic E-state index is 0.170. The Hall–Kier alpha value is -6.18. The fourth-order valence-corrected chi connectivity index (χ4v) is 7.24. The Bertz CT molecular complexity index is 3220. The van der Waals surface area contributed by atoms with Gasteiger partial charge in [-0.15, -0.1) is 0 Å². The van der Waals surface area contributed by atoms with Gasteiger partial charge in [-0.1, -0.05) is 151 Å². The van der Waals surface area contributed by atoms with Crippen molar-refractivity contribution in [3.05, 3.63) is 170 Å². The highest BCUT2D eigenvalue weighted by atomic mass is 16.3. The van der Waals surface area contributed by atoms with Crippen LogP contribution in [-0.2, 0) is 0 Å². The predicted octanol–water partition coefficient (Wildman–Crippen LogP) is 13.2. The van der Waals surface area contributed by atoms with Crippen LogP contribution in [0.15, 0.2) is 174 Å². The molecule has 47 heavy (non-hydrogen) atoms. The molecule has 0 fully saturated rings. The summed E-state index contributed by atoms with van der Waals surface area (Å²) in [5.74, 6) is 0. The van der Waals surface area contributed by atoms with Gasteiger partial charge < -0.3 is 4.42 Å². The molecular weight excluding hydrogens is 569 g/mol. The molecule has 0 saturated carbocycles. The second-order valence-electron chi connectivity index (χ2n) is 11.8. The fraction of sp³-hybridized carbons (Fsp3) is 0. The van der Waals surface area contributed by atoms with Crippen molar-refractivity contribution in [2.75, 3.05) is 0 Å². The molecule has 0 bridgehead atoms. The first-order valence-corrected chi connectivity index (χ1v) is 15.5. The largest absolute Gasteiger partial charge is 0.455 e. The van der Waals surface area contributed by atoms with Gasteiger partial charge in [0.15, 0.2) is 0 Å². The van der Waals surface area contributed by atoms with E-state index in [1.165, 1.54) is 0 Å². The summed E-state index contributed by atoms with van der Waals surface area (Å²) in [6.07, 6.45) is 0. The molecule has 0 saturated heterocycles. The van der Waals surface area contributed by atoms with Crippen LogP contribution in [-0.4, -0.2) is 0 Å². The van der Waals surface area contributed by atoms with Crippen molar-refractivity contribution in [2.24, 2.45) is 0 Å². The number of hydrogen-bond donors (Lipinski definition) is 0. The normalized spacial score (nSPS) is 14.2. The molecule has 0 aliphatic heterocycles. The molecule has 0 aliphatic rings. The molecule has 1 nitrogen and oxygen atoms in total. The lowest BCUT2D eigenvalue weighted by Crippen LogP contribution is -1.93. The van der Waals surface area contributed by atoms with Gasteiger partial charge >= 0.3 is 0 Å². The van der Waals surface area contributed by atoms with Crippen molar-refractivity contribution in [2.45, 2.75) is 0 Å². The summed E-state index contributed by atoms with van der Waals surface area (Å²) < 4.78 is 79.8. The minimum Gasteiger partial charge on any atom is -0.455 e. The SMILES string of the molecule is [2H]c1c([2H])c([2H])c2c(-c3ccccc3-c3cccc4ccccc34)c3c([2H])c([2H])c([2H])c([2H])c3c(-c3ccc4oc5c6ccccc6ccc5c4c3)c2c1[2H]. The molecule has 0 spiro atoms. The summed E-state index contributed by atoms with van der Waals surface area (Å²) in [6, 6.07) is 36.1. The zero-order valence-corrected chi connectivity index (χ0v) is 25.0. The topological polar surface area (TPSA) is 13.1 Å². The van der Waals surface area contributed by atoms with E-state index in [4.69, 9.17) is 9.90 Å². The van der Waals surface area contributed by atoms with Crippen LogP contribution in [0, 0.1) is 0 Å². The zero-order chi connectivity index (χ0) is 37.9. The zero-order valence-electron chi connectivity index (χ0n) is 33.0. The van der Waals surface area contributed by atoms with Gasteiger partial charge in [-0.3, -0.25) is 0 Å². The fourth-order valence-electron chi connectivity index (χ4n) is 7.24. The van der Waals surface area contributed by atoms with E-state index in [1.807, 2.05) is 115 Å². The molecule has 1 aromatic heterocycles. The smallest absolute Gasteiger partial charge is 0.143 e. The molecule has 0 aliphatic carbocycles. The highest BCUT2D eigenvalue weighted by Crippen LogP contribution is 2.47. The van der Waals surface area contributed by atoms with E-state index in [2.05, 4.69) is 0 Å². The number of fused-ring (bicyclic) bond motifs is 8. The van der Waals surface area contributed by atoms with Crippen LogP contribution in [0.25, 0.3) is 98.4 Å². The molecule has 0 amide bonds. The van der Waals surface area contributed by atoms with Crippen LogP contribution < -0.4 is 0 Å². The molecular formula is C46H28O. The molecule has 0 atom stereocenters. The molecule has 9 aromatic carbocycles. The Balaban J connectivity index is 1.42. The van der Waals surface area contributed by atoms with Crippen molar-refractivity contribution < 1.29 is 15.4 Å². The molecule has 1 heteroatoms. The van der Waals surface area contributed by atoms with E-state index in [0.29, 0.717) is 33.4 Å². The van der Waals surface area contributed by atoms with Gasteiger partial charge in [-0.25, -0.2) is 0 Å². The third-order valence-corrected chi connectivity index (χ3v) is 9.30. The number of rotatable bonds is 3. The number of furan rings is 1. The Morgan fingerprint density at radius 1 is 0.383 bits per heavy atom. The number of benzene rings is 9. The molecule has 0 unspecified atom stereocenters. The van der Waals surface area contributed by atoms with Crippen molar-refractivity contribution in [1.82, 2.24) is 0 Å². The van der Waals surface area contributed by atoms with Crippen LogP contribution >= 0.6 is 0 Å². The van der Waals surface area contributed by atoms with E-state index in [9.17, 15) is 5.48 Å². The van der Waals surface area contributed by atoms with Crippen molar-refractivity contribution in [1.29, 1.82) is 0 Å². The Kier molecular flexibility index (Phi) is 4.19. The first kappa shape index (κ1) is 19.4. The van der Waals surface area contributed by atoms with Crippen molar-refractivity contribution in [3.63, 3.8) is 0 Å². The molecule has 0 radical (unpaired) electrons. The Morgan fingerprint density at radius 2 is 0.957 bits per heavy atom. The summed E-state index contributed by atoms with van der Waals surface area (Å²) in [5, 5.41) is 6.28. The maximum Gasteiger partial charge on any atom is 0.143 e. The maximum atomic E-state index is 9.47. The summed E-state index contributed by atoms with van der Waals surface area (Å²) in [6.45, 7) is 0. The summed E-state index contributed by atoms with van der Waals surface area (Å²) in [4.78, 5) is 0. The van der Waals surface area contributed by atoms with Gasteiger partial charge in [0.05, 0.1) is 11.0 Å². The van der Waals surface area contributed by atoms with Gasteiger partial charge in [0.25, 0.3) is 0 Å². The van der Waals surface area contributed by atoms with Crippen LogP contribution in [0.2, 0.25) is 0 Å². The van der Waals surface area contributed by atoms with Gasteiger partial charge in [0.1, 0.15) is 11.2 Å². The van der Waals surface area contributed by atoms with Gasteiger partial charge in [-0.05, 0) is 89.3 Å². The Labute approximate surface area is 283 Å². The van der Waals surface area contributed by atoms with Crippen molar-refractivity contribution in [3.8, 4) is 33.4 Å². The average molecular weight is 605 g/mol. The Morgan fingerprint density at radius 3 is 1.70 bits per heavy atom. The first-order valence-electron chi connectivity index (χ1n) is 19.5.